The molecule has 0 N–H and O–H groups in total. The van der Waals surface area contributed by atoms with Crippen molar-refractivity contribution in [2.75, 3.05) is 10.7 Å². The van der Waals surface area contributed by atoms with Crippen molar-refractivity contribution in [3.63, 3.8) is 0 Å². The lowest BCUT2D eigenvalue weighted by Gasteiger charge is -2.25. The SMILES string of the molecule is O=C1CSC(c2cc(=O)oc3ccccc23)N1c1ccc(Cl)cc1. The van der Waals surface area contributed by atoms with Crippen LogP contribution in [-0.4, -0.2) is 11.7 Å². The second kappa shape index (κ2) is 6.00. The standard InChI is InChI=1S/C18H12ClNO3S/c19-11-5-7-12(8-6-11)20-16(21)10-24-18(20)14-9-17(22)23-15-4-2-1-3-13(14)15/h1-9,18H,10H2. The molecule has 1 amide bonds. The summed E-state index contributed by atoms with van der Waals surface area (Å²) in [4.78, 5) is 26.1. The first-order valence-corrected chi connectivity index (χ1v) is 8.78. The third-order valence-electron chi connectivity index (χ3n) is 3.92. The van der Waals surface area contributed by atoms with Crippen molar-refractivity contribution in [1.82, 2.24) is 0 Å². The topological polar surface area (TPSA) is 50.5 Å². The van der Waals surface area contributed by atoms with Crippen molar-refractivity contribution in [2.24, 2.45) is 0 Å². The molecule has 6 heteroatoms. The van der Waals surface area contributed by atoms with E-state index in [1.807, 2.05) is 30.3 Å². The van der Waals surface area contributed by atoms with Crippen molar-refractivity contribution >= 4 is 45.9 Å². The molecule has 1 aliphatic rings. The molecule has 1 aliphatic heterocycles. The number of carbonyl (C=O) groups is 1. The number of benzene rings is 2. The summed E-state index contributed by atoms with van der Waals surface area (Å²) >= 11 is 7.44. The fourth-order valence-corrected chi connectivity index (χ4v) is 4.20. The van der Waals surface area contributed by atoms with Crippen LogP contribution in [0.5, 0.6) is 0 Å². The third kappa shape index (κ3) is 2.60. The summed E-state index contributed by atoms with van der Waals surface area (Å²) < 4.78 is 5.26. The van der Waals surface area contributed by atoms with Crippen LogP contribution in [0.3, 0.4) is 0 Å². The average molecular weight is 358 g/mol. The Bertz CT molecular complexity index is 983. The maximum absolute atomic E-state index is 12.4. The Morgan fingerprint density at radius 2 is 1.83 bits per heavy atom. The number of hydrogen-bond acceptors (Lipinski definition) is 4. The summed E-state index contributed by atoms with van der Waals surface area (Å²) in [5, 5.41) is 1.18. The Hall–Kier alpha value is -2.24. The number of nitrogens with zero attached hydrogens (tertiary/aromatic N) is 1. The number of amides is 1. The Labute approximate surface area is 147 Å². The molecule has 0 bridgehead atoms. The lowest BCUT2D eigenvalue weighted by molar-refractivity contribution is -0.115. The average Bonchev–Trinajstić information content (AvgIpc) is 2.96. The number of para-hydroxylation sites is 1. The van der Waals surface area contributed by atoms with Crippen LogP contribution in [-0.2, 0) is 4.79 Å². The highest BCUT2D eigenvalue weighted by Crippen LogP contribution is 2.43. The summed E-state index contributed by atoms with van der Waals surface area (Å²) in [6.45, 7) is 0. The molecule has 1 fully saturated rings. The molecule has 0 radical (unpaired) electrons. The van der Waals surface area contributed by atoms with Crippen LogP contribution < -0.4 is 10.5 Å². The van der Waals surface area contributed by atoms with Crippen LogP contribution in [0.2, 0.25) is 5.02 Å². The lowest BCUT2D eigenvalue weighted by Crippen LogP contribution is -2.28. The Morgan fingerprint density at radius 3 is 2.62 bits per heavy atom. The van der Waals surface area contributed by atoms with Gasteiger partial charge in [-0.3, -0.25) is 9.69 Å². The van der Waals surface area contributed by atoms with Gasteiger partial charge in [0.1, 0.15) is 11.0 Å². The fourth-order valence-electron chi connectivity index (χ4n) is 2.88. The minimum absolute atomic E-state index is 0.00430. The minimum atomic E-state index is -0.417. The molecule has 2 aromatic carbocycles. The highest BCUT2D eigenvalue weighted by atomic mass is 35.5. The molecule has 0 saturated carbocycles. The summed E-state index contributed by atoms with van der Waals surface area (Å²) in [5.74, 6) is 0.367. The number of rotatable bonds is 2. The van der Waals surface area contributed by atoms with Gasteiger partial charge in [0, 0.05) is 27.7 Å². The minimum Gasteiger partial charge on any atom is -0.423 e. The smallest absolute Gasteiger partial charge is 0.336 e. The van der Waals surface area contributed by atoms with E-state index in [1.165, 1.54) is 17.8 Å². The molecule has 0 spiro atoms. The first kappa shape index (κ1) is 15.3. The van der Waals surface area contributed by atoms with E-state index in [4.69, 9.17) is 16.0 Å². The van der Waals surface area contributed by atoms with Crippen LogP contribution >= 0.6 is 23.4 Å². The van der Waals surface area contributed by atoms with E-state index in [2.05, 4.69) is 0 Å². The van der Waals surface area contributed by atoms with Crippen LogP contribution in [0.4, 0.5) is 5.69 Å². The molecule has 4 rings (SSSR count). The van der Waals surface area contributed by atoms with E-state index in [0.29, 0.717) is 16.4 Å². The highest BCUT2D eigenvalue weighted by Gasteiger charge is 2.35. The van der Waals surface area contributed by atoms with Crippen LogP contribution in [0.1, 0.15) is 10.9 Å². The molecular formula is C18H12ClNO3S. The number of fused-ring (bicyclic) bond motifs is 1. The first-order chi connectivity index (χ1) is 11.6. The van der Waals surface area contributed by atoms with Crippen molar-refractivity contribution < 1.29 is 9.21 Å². The van der Waals surface area contributed by atoms with Gasteiger partial charge in [0.2, 0.25) is 5.91 Å². The molecule has 4 nitrogen and oxygen atoms in total. The summed E-state index contributed by atoms with van der Waals surface area (Å²) in [7, 11) is 0. The molecule has 1 aromatic heterocycles. The number of hydrogen-bond donors (Lipinski definition) is 0. The van der Waals surface area contributed by atoms with E-state index in [-0.39, 0.29) is 11.3 Å². The molecule has 2 heterocycles. The van der Waals surface area contributed by atoms with Crippen molar-refractivity contribution in [3.05, 3.63) is 75.6 Å². The molecule has 120 valence electrons. The molecule has 3 aromatic rings. The van der Waals surface area contributed by atoms with Gasteiger partial charge in [-0.1, -0.05) is 29.8 Å². The van der Waals surface area contributed by atoms with Crippen molar-refractivity contribution in [1.29, 1.82) is 0 Å². The van der Waals surface area contributed by atoms with Gasteiger partial charge < -0.3 is 4.42 Å². The van der Waals surface area contributed by atoms with Gasteiger partial charge in [0.05, 0.1) is 5.75 Å². The van der Waals surface area contributed by atoms with E-state index in [9.17, 15) is 9.59 Å². The van der Waals surface area contributed by atoms with E-state index < -0.39 is 5.63 Å². The van der Waals surface area contributed by atoms with Crippen molar-refractivity contribution in [2.45, 2.75) is 5.37 Å². The predicted molar refractivity (Wildman–Crippen MR) is 96.6 cm³/mol. The second-order valence-corrected chi connectivity index (χ2v) is 6.93. The first-order valence-electron chi connectivity index (χ1n) is 7.35. The van der Waals surface area contributed by atoms with Gasteiger partial charge in [-0.15, -0.1) is 11.8 Å². The Morgan fingerprint density at radius 1 is 1.08 bits per heavy atom. The maximum atomic E-state index is 12.4. The summed E-state index contributed by atoms with van der Waals surface area (Å²) in [6, 6.07) is 16.0. The Balaban J connectivity index is 1.87. The van der Waals surface area contributed by atoms with Gasteiger partial charge in [-0.25, -0.2) is 4.79 Å². The van der Waals surface area contributed by atoms with Crippen LogP contribution in [0.25, 0.3) is 11.0 Å². The second-order valence-electron chi connectivity index (χ2n) is 5.42. The van der Waals surface area contributed by atoms with Gasteiger partial charge in [0.15, 0.2) is 0 Å². The normalized spacial score (nSPS) is 17.6. The highest BCUT2D eigenvalue weighted by molar-refractivity contribution is 8.00. The lowest BCUT2D eigenvalue weighted by atomic mass is 10.1. The molecule has 1 saturated heterocycles. The number of thioether (sulfide) groups is 1. The molecule has 0 aliphatic carbocycles. The zero-order chi connectivity index (χ0) is 16.7. The molecule has 1 unspecified atom stereocenters. The van der Waals surface area contributed by atoms with Crippen LogP contribution in [0.15, 0.2) is 63.8 Å². The summed E-state index contributed by atoms with van der Waals surface area (Å²) in [6.07, 6.45) is 0. The van der Waals surface area contributed by atoms with Gasteiger partial charge in [-0.2, -0.15) is 0 Å². The maximum Gasteiger partial charge on any atom is 0.336 e. The van der Waals surface area contributed by atoms with Gasteiger partial charge in [0.25, 0.3) is 0 Å². The number of carbonyl (C=O) groups excluding carboxylic acids is 1. The quantitative estimate of drug-likeness (QED) is 0.644. The largest absolute Gasteiger partial charge is 0.423 e. The molecular weight excluding hydrogens is 346 g/mol. The zero-order valence-electron chi connectivity index (χ0n) is 12.4. The van der Waals surface area contributed by atoms with Crippen LogP contribution in [0, 0.1) is 0 Å². The predicted octanol–water partition coefficient (Wildman–Crippen LogP) is 4.23. The van der Waals surface area contributed by atoms with Gasteiger partial charge >= 0.3 is 5.63 Å². The fraction of sp³-hybridized carbons (Fsp3) is 0.111. The molecule has 24 heavy (non-hydrogen) atoms. The zero-order valence-corrected chi connectivity index (χ0v) is 14.0. The Kier molecular flexibility index (Phi) is 3.82. The van der Waals surface area contributed by atoms with E-state index in [0.717, 1.165) is 16.6 Å². The van der Waals surface area contributed by atoms with E-state index in [1.54, 1.807) is 23.1 Å². The molecule has 1 atom stereocenters. The monoisotopic (exact) mass is 357 g/mol. The number of anilines is 1. The summed E-state index contributed by atoms with van der Waals surface area (Å²) in [5.41, 5.74) is 1.65. The third-order valence-corrected chi connectivity index (χ3v) is 5.37. The van der Waals surface area contributed by atoms with E-state index >= 15 is 0 Å². The van der Waals surface area contributed by atoms with Gasteiger partial charge in [-0.05, 0) is 30.3 Å². The number of halogens is 1. The van der Waals surface area contributed by atoms with Crippen molar-refractivity contribution in [3.8, 4) is 0 Å².